The zero-order valence-electron chi connectivity index (χ0n) is 13.7. The summed E-state index contributed by atoms with van der Waals surface area (Å²) in [4.78, 5) is 16.4. The molecule has 1 atom stereocenters. The first-order valence-electron chi connectivity index (χ1n) is 7.50. The molecule has 0 saturated heterocycles. The van der Waals surface area contributed by atoms with Gasteiger partial charge >= 0.3 is 6.18 Å². The van der Waals surface area contributed by atoms with E-state index in [-0.39, 0.29) is 5.91 Å². The van der Waals surface area contributed by atoms with E-state index in [1.54, 1.807) is 37.3 Å². The van der Waals surface area contributed by atoms with Gasteiger partial charge in [-0.05, 0) is 30.7 Å². The number of alkyl halides is 3. The Morgan fingerprint density at radius 3 is 2.60 bits per heavy atom. The third kappa shape index (κ3) is 5.34. The summed E-state index contributed by atoms with van der Waals surface area (Å²) < 4.78 is 38.2. The van der Waals surface area contributed by atoms with Gasteiger partial charge in [-0.25, -0.2) is 0 Å². The van der Waals surface area contributed by atoms with Crippen LogP contribution in [0.1, 0.15) is 36.6 Å². The van der Waals surface area contributed by atoms with Gasteiger partial charge in [0.2, 0.25) is 5.91 Å². The van der Waals surface area contributed by atoms with Crippen LogP contribution in [-0.2, 0) is 15.8 Å². The van der Waals surface area contributed by atoms with Crippen molar-refractivity contribution in [2.24, 2.45) is 5.16 Å². The second-order valence-electron chi connectivity index (χ2n) is 5.37. The van der Waals surface area contributed by atoms with E-state index < -0.39 is 17.8 Å². The maximum Gasteiger partial charge on any atom is 0.416 e. The van der Waals surface area contributed by atoms with Crippen LogP contribution < -0.4 is 5.32 Å². The fourth-order valence-corrected chi connectivity index (χ4v) is 2.12. The minimum Gasteiger partial charge on any atom is -0.388 e. The summed E-state index contributed by atoms with van der Waals surface area (Å²) in [7, 11) is 0. The average Bonchev–Trinajstić information content (AvgIpc) is 2.55. The summed E-state index contributed by atoms with van der Waals surface area (Å²) in [6.07, 6.45) is -3.67. The molecular formula is C18H17F3N2O2. The van der Waals surface area contributed by atoms with Crippen LogP contribution >= 0.6 is 0 Å². The lowest BCUT2D eigenvalue weighted by Gasteiger charge is -2.13. The molecular weight excluding hydrogens is 333 g/mol. The fourth-order valence-electron chi connectivity index (χ4n) is 2.12. The lowest BCUT2D eigenvalue weighted by Crippen LogP contribution is -2.08. The number of hydrogen-bond acceptors (Lipinski definition) is 3. The number of benzene rings is 2. The van der Waals surface area contributed by atoms with Crippen molar-refractivity contribution >= 4 is 17.8 Å². The van der Waals surface area contributed by atoms with E-state index in [0.29, 0.717) is 16.8 Å². The van der Waals surface area contributed by atoms with Gasteiger partial charge in [-0.2, -0.15) is 13.2 Å². The van der Waals surface area contributed by atoms with E-state index in [4.69, 9.17) is 4.84 Å². The van der Waals surface area contributed by atoms with E-state index in [0.717, 1.165) is 12.1 Å². The summed E-state index contributed by atoms with van der Waals surface area (Å²) >= 11 is 0. The zero-order chi connectivity index (χ0) is 18.4. The molecule has 0 aromatic heterocycles. The molecule has 0 bridgehead atoms. The molecule has 132 valence electrons. The highest BCUT2D eigenvalue weighted by molar-refractivity contribution is 5.96. The highest BCUT2D eigenvalue weighted by Gasteiger charge is 2.30. The van der Waals surface area contributed by atoms with Gasteiger partial charge in [-0.3, -0.25) is 4.79 Å². The number of carbonyl (C=O) groups is 1. The largest absolute Gasteiger partial charge is 0.416 e. The predicted octanol–water partition coefficient (Wildman–Crippen LogP) is 4.78. The molecule has 1 amide bonds. The smallest absolute Gasteiger partial charge is 0.388 e. The number of para-hydroxylation sites is 1. The van der Waals surface area contributed by atoms with Crippen molar-refractivity contribution in [3.05, 3.63) is 65.2 Å². The molecule has 0 saturated carbocycles. The molecule has 0 heterocycles. The average molecular weight is 350 g/mol. The van der Waals surface area contributed by atoms with Gasteiger partial charge in [0.15, 0.2) is 0 Å². The molecule has 0 spiro atoms. The molecule has 0 radical (unpaired) electrons. The Bertz CT molecular complexity index is 773. The molecule has 1 unspecified atom stereocenters. The van der Waals surface area contributed by atoms with Gasteiger partial charge in [0.25, 0.3) is 0 Å². The summed E-state index contributed by atoms with van der Waals surface area (Å²) in [5.74, 6) is -0.223. The normalized spacial score (nSPS) is 12.8. The van der Waals surface area contributed by atoms with Crippen molar-refractivity contribution in [2.75, 3.05) is 5.32 Å². The van der Waals surface area contributed by atoms with Crippen LogP contribution in [0.5, 0.6) is 0 Å². The predicted molar refractivity (Wildman–Crippen MR) is 89.3 cm³/mol. The number of amides is 1. The van der Waals surface area contributed by atoms with Crippen LogP contribution in [0.4, 0.5) is 18.9 Å². The lowest BCUT2D eigenvalue weighted by atomic mass is 10.1. The molecule has 0 aliphatic carbocycles. The van der Waals surface area contributed by atoms with Crippen LogP contribution in [-0.4, -0.2) is 12.1 Å². The Labute approximate surface area is 143 Å². The van der Waals surface area contributed by atoms with Crippen LogP contribution in [0.25, 0.3) is 0 Å². The third-order valence-corrected chi connectivity index (χ3v) is 3.37. The molecule has 1 N–H and O–H groups in total. The van der Waals surface area contributed by atoms with Gasteiger partial charge in [0, 0.05) is 18.2 Å². The second-order valence-corrected chi connectivity index (χ2v) is 5.37. The number of carbonyl (C=O) groups excluding carboxylic acids is 1. The molecule has 0 aliphatic rings. The maximum absolute atomic E-state index is 12.7. The maximum atomic E-state index is 12.7. The number of rotatable bonds is 5. The number of nitrogens with one attached hydrogen (secondary N) is 1. The number of anilines is 1. The number of halogens is 3. The van der Waals surface area contributed by atoms with E-state index in [9.17, 15) is 18.0 Å². The molecule has 2 rings (SSSR count). The van der Waals surface area contributed by atoms with Gasteiger partial charge in [0.1, 0.15) is 6.10 Å². The summed E-state index contributed by atoms with van der Waals surface area (Å²) in [6, 6.07) is 11.9. The highest BCUT2D eigenvalue weighted by Crippen LogP contribution is 2.31. The monoisotopic (exact) mass is 350 g/mol. The quantitative estimate of drug-likeness (QED) is 0.623. The van der Waals surface area contributed by atoms with Crippen molar-refractivity contribution in [3.8, 4) is 0 Å². The van der Waals surface area contributed by atoms with Gasteiger partial charge < -0.3 is 10.2 Å². The van der Waals surface area contributed by atoms with Gasteiger partial charge in [0.05, 0.1) is 11.8 Å². The van der Waals surface area contributed by atoms with Crippen LogP contribution in [0.3, 0.4) is 0 Å². The summed E-state index contributed by atoms with van der Waals surface area (Å²) in [6.45, 7) is 2.99. The van der Waals surface area contributed by atoms with Crippen molar-refractivity contribution in [1.82, 2.24) is 0 Å². The van der Waals surface area contributed by atoms with Crippen molar-refractivity contribution in [2.45, 2.75) is 26.1 Å². The zero-order valence-corrected chi connectivity index (χ0v) is 13.7. The number of oxime groups is 1. The van der Waals surface area contributed by atoms with Gasteiger partial charge in [-0.15, -0.1) is 0 Å². The summed E-state index contributed by atoms with van der Waals surface area (Å²) in [5, 5.41) is 6.48. The first-order valence-corrected chi connectivity index (χ1v) is 7.50. The third-order valence-electron chi connectivity index (χ3n) is 3.37. The molecule has 0 aliphatic heterocycles. The van der Waals surface area contributed by atoms with E-state index in [1.807, 2.05) is 0 Å². The Balaban J connectivity index is 2.09. The first kappa shape index (κ1) is 18.5. The number of hydrogen-bond donors (Lipinski definition) is 1. The van der Waals surface area contributed by atoms with E-state index in [2.05, 4.69) is 10.5 Å². The fraction of sp³-hybridized carbons (Fsp3) is 0.222. The topological polar surface area (TPSA) is 50.7 Å². The first-order chi connectivity index (χ1) is 11.8. The van der Waals surface area contributed by atoms with Crippen LogP contribution in [0.15, 0.2) is 53.7 Å². The molecule has 2 aromatic carbocycles. The molecule has 2 aromatic rings. The Morgan fingerprint density at radius 1 is 1.20 bits per heavy atom. The summed E-state index contributed by atoms with van der Waals surface area (Å²) in [5.41, 5.74) is 0.811. The molecule has 7 heteroatoms. The molecule has 0 fully saturated rings. The lowest BCUT2D eigenvalue weighted by molar-refractivity contribution is -0.137. The molecule has 4 nitrogen and oxygen atoms in total. The van der Waals surface area contributed by atoms with Crippen molar-refractivity contribution in [3.63, 3.8) is 0 Å². The van der Waals surface area contributed by atoms with Gasteiger partial charge in [-0.1, -0.05) is 35.5 Å². The van der Waals surface area contributed by atoms with Crippen molar-refractivity contribution in [1.29, 1.82) is 0 Å². The van der Waals surface area contributed by atoms with Crippen LogP contribution in [0.2, 0.25) is 0 Å². The van der Waals surface area contributed by atoms with E-state index >= 15 is 0 Å². The van der Waals surface area contributed by atoms with Crippen molar-refractivity contribution < 1.29 is 22.8 Å². The van der Waals surface area contributed by atoms with E-state index in [1.165, 1.54) is 19.2 Å². The molecule has 25 heavy (non-hydrogen) atoms. The second kappa shape index (κ2) is 7.83. The minimum absolute atomic E-state index is 0.223. The van der Waals surface area contributed by atoms with Crippen LogP contribution in [0, 0.1) is 0 Å². The number of nitrogens with zero attached hydrogens (tertiary/aromatic N) is 1. The Kier molecular flexibility index (Phi) is 5.80. The minimum atomic E-state index is -4.41. The SMILES string of the molecule is CC(=O)Nc1ccccc1/C=N\OC(C)c1cccc(C(F)(F)F)c1. The Morgan fingerprint density at radius 2 is 1.92 bits per heavy atom. The standard InChI is InChI=1S/C18H17F3N2O2/c1-12(14-7-5-8-16(10-14)18(19,20)21)25-22-11-15-6-3-4-9-17(15)23-13(2)24/h3-12H,1-2H3,(H,23,24)/b22-11-. The Hall–Kier alpha value is -2.83. The highest BCUT2D eigenvalue weighted by atomic mass is 19.4.